The lowest BCUT2D eigenvalue weighted by Gasteiger charge is -2.08. The van der Waals surface area contributed by atoms with Gasteiger partial charge in [-0.15, -0.1) is 0 Å². The number of hydrogen-bond acceptors (Lipinski definition) is 3. The zero-order valence-corrected chi connectivity index (χ0v) is 13.7. The van der Waals surface area contributed by atoms with Gasteiger partial charge in [-0.3, -0.25) is 13.9 Å². The minimum absolute atomic E-state index is 0.277. The van der Waals surface area contributed by atoms with Crippen molar-refractivity contribution in [1.29, 1.82) is 0 Å². The largest absolute Gasteiger partial charge is 0.497 e. The van der Waals surface area contributed by atoms with Crippen molar-refractivity contribution in [3.8, 4) is 17.0 Å². The van der Waals surface area contributed by atoms with Gasteiger partial charge in [0.15, 0.2) is 0 Å². The summed E-state index contributed by atoms with van der Waals surface area (Å²) in [6.07, 6.45) is 1.86. The van der Waals surface area contributed by atoms with Gasteiger partial charge in [-0.05, 0) is 36.8 Å². The summed E-state index contributed by atoms with van der Waals surface area (Å²) >= 11 is 0. The van der Waals surface area contributed by atoms with Crippen LogP contribution in [-0.4, -0.2) is 20.8 Å². The average Bonchev–Trinajstić information content (AvgIpc) is 2.98. The molecule has 0 spiro atoms. The first kappa shape index (κ1) is 15.1. The monoisotopic (exact) mass is 313 g/mol. The summed E-state index contributed by atoms with van der Waals surface area (Å²) in [6.45, 7) is 2.71. The van der Waals surface area contributed by atoms with E-state index >= 15 is 0 Å². The number of benzene rings is 1. The highest BCUT2D eigenvalue weighted by Crippen LogP contribution is 2.29. The first-order chi connectivity index (χ1) is 11.0. The Hall–Kier alpha value is -2.76. The number of ether oxygens (including phenoxy) is 1. The molecular weight excluding hydrogens is 294 g/mol. The molecule has 3 rings (SSSR count). The van der Waals surface area contributed by atoms with Crippen molar-refractivity contribution in [1.82, 2.24) is 13.7 Å². The molecule has 6 nitrogen and oxygen atoms in total. The van der Waals surface area contributed by atoms with Crippen molar-refractivity contribution in [2.45, 2.75) is 13.5 Å². The Balaban J connectivity index is 2.43. The highest BCUT2D eigenvalue weighted by Gasteiger charge is 2.18. The first-order valence-corrected chi connectivity index (χ1v) is 7.42. The van der Waals surface area contributed by atoms with Crippen LogP contribution in [0, 0.1) is 0 Å². The maximum absolute atomic E-state index is 12.7. The molecule has 1 aromatic carbocycles. The number of rotatable bonds is 3. The number of aromatic nitrogens is 3. The molecule has 23 heavy (non-hydrogen) atoms. The summed E-state index contributed by atoms with van der Waals surface area (Å²) in [4.78, 5) is 24.8. The molecule has 0 bridgehead atoms. The lowest BCUT2D eigenvalue weighted by molar-refractivity contribution is 0.415. The van der Waals surface area contributed by atoms with Gasteiger partial charge in [0.2, 0.25) is 0 Å². The molecule has 0 saturated heterocycles. The Morgan fingerprint density at radius 2 is 1.70 bits per heavy atom. The normalized spacial score (nSPS) is 11.1. The van der Waals surface area contributed by atoms with Gasteiger partial charge >= 0.3 is 5.69 Å². The molecule has 2 aromatic heterocycles. The van der Waals surface area contributed by atoms with E-state index in [1.807, 2.05) is 42.0 Å². The topological polar surface area (TPSA) is 58.2 Å². The lowest BCUT2D eigenvalue weighted by Crippen LogP contribution is -2.36. The SMILES string of the molecule is CCn1cc2c(c1-c1ccc(OC)cc1)c(=O)n(C)c(=O)n2C. The Bertz CT molecular complexity index is 991. The van der Waals surface area contributed by atoms with E-state index in [0.717, 1.165) is 21.6 Å². The standard InChI is InChI=1S/C17H19N3O3/c1-5-20-10-13-14(16(21)19(3)17(22)18(13)2)15(20)11-6-8-12(23-4)9-7-11/h6-10H,5H2,1-4H3. The third kappa shape index (κ3) is 2.18. The Labute approximate surface area is 133 Å². The number of nitrogens with zero attached hydrogens (tertiary/aromatic N) is 3. The Morgan fingerprint density at radius 3 is 2.26 bits per heavy atom. The second-order valence-electron chi connectivity index (χ2n) is 5.46. The molecule has 0 amide bonds. The summed E-state index contributed by atoms with van der Waals surface area (Å²) in [7, 11) is 4.80. The van der Waals surface area contributed by atoms with E-state index in [1.54, 1.807) is 14.2 Å². The molecule has 0 aliphatic heterocycles. The van der Waals surface area contributed by atoms with Crippen LogP contribution >= 0.6 is 0 Å². The molecule has 0 unspecified atom stereocenters. The van der Waals surface area contributed by atoms with Crippen molar-refractivity contribution < 1.29 is 4.74 Å². The van der Waals surface area contributed by atoms with Crippen LogP contribution in [0.5, 0.6) is 5.75 Å². The molecule has 0 N–H and O–H groups in total. The summed E-state index contributed by atoms with van der Waals surface area (Å²) in [6, 6.07) is 7.57. The maximum Gasteiger partial charge on any atom is 0.330 e. The molecule has 0 saturated carbocycles. The highest BCUT2D eigenvalue weighted by molar-refractivity contribution is 5.93. The molecule has 120 valence electrons. The third-order valence-electron chi connectivity index (χ3n) is 4.22. The fourth-order valence-corrected chi connectivity index (χ4v) is 2.90. The van der Waals surface area contributed by atoms with Crippen LogP contribution in [0.15, 0.2) is 40.1 Å². The van der Waals surface area contributed by atoms with Gasteiger partial charge in [-0.2, -0.15) is 0 Å². The van der Waals surface area contributed by atoms with Crippen molar-refractivity contribution in [3.63, 3.8) is 0 Å². The third-order valence-corrected chi connectivity index (χ3v) is 4.22. The van der Waals surface area contributed by atoms with Crippen molar-refractivity contribution in [2.24, 2.45) is 14.1 Å². The van der Waals surface area contributed by atoms with Crippen LogP contribution in [0.1, 0.15) is 6.92 Å². The van der Waals surface area contributed by atoms with E-state index in [4.69, 9.17) is 4.74 Å². The maximum atomic E-state index is 12.7. The van der Waals surface area contributed by atoms with Gasteiger partial charge in [0.25, 0.3) is 5.56 Å². The average molecular weight is 313 g/mol. The number of aryl methyl sites for hydroxylation is 2. The van der Waals surface area contributed by atoms with Crippen LogP contribution in [0.4, 0.5) is 0 Å². The van der Waals surface area contributed by atoms with Crippen LogP contribution < -0.4 is 16.0 Å². The summed E-state index contributed by atoms with van der Waals surface area (Å²) in [5.41, 5.74) is 1.78. The number of hydrogen-bond donors (Lipinski definition) is 0. The molecule has 0 aliphatic rings. The van der Waals surface area contributed by atoms with Crippen LogP contribution in [0.2, 0.25) is 0 Å². The van der Waals surface area contributed by atoms with Crippen molar-refractivity contribution in [2.75, 3.05) is 7.11 Å². The van der Waals surface area contributed by atoms with Crippen LogP contribution in [-0.2, 0) is 20.6 Å². The highest BCUT2D eigenvalue weighted by atomic mass is 16.5. The predicted octanol–water partition coefficient (Wildman–Crippen LogP) is 1.73. The van der Waals surface area contributed by atoms with E-state index in [9.17, 15) is 9.59 Å². The number of fused-ring (bicyclic) bond motifs is 1. The second-order valence-corrected chi connectivity index (χ2v) is 5.46. The van der Waals surface area contributed by atoms with Gasteiger partial charge in [-0.25, -0.2) is 4.79 Å². The van der Waals surface area contributed by atoms with Crippen molar-refractivity contribution >= 4 is 10.9 Å². The lowest BCUT2D eigenvalue weighted by atomic mass is 10.1. The zero-order chi connectivity index (χ0) is 16.7. The molecule has 0 fully saturated rings. The Kier molecular flexibility index (Phi) is 3.60. The van der Waals surface area contributed by atoms with Crippen LogP contribution in [0.25, 0.3) is 22.2 Å². The van der Waals surface area contributed by atoms with Crippen molar-refractivity contribution in [3.05, 3.63) is 51.3 Å². The minimum atomic E-state index is -0.322. The fraction of sp³-hybridized carbons (Fsp3) is 0.294. The van der Waals surface area contributed by atoms with Gasteiger partial charge in [0, 0.05) is 26.8 Å². The van der Waals surface area contributed by atoms with E-state index in [1.165, 1.54) is 11.6 Å². The van der Waals surface area contributed by atoms with E-state index in [-0.39, 0.29) is 11.2 Å². The summed E-state index contributed by atoms with van der Waals surface area (Å²) in [5.74, 6) is 0.757. The first-order valence-electron chi connectivity index (χ1n) is 7.42. The van der Waals surface area contributed by atoms with Gasteiger partial charge in [0.1, 0.15) is 5.75 Å². The molecular formula is C17H19N3O3. The molecule has 0 radical (unpaired) electrons. The summed E-state index contributed by atoms with van der Waals surface area (Å²) in [5, 5.41) is 0.557. The molecule has 2 heterocycles. The molecule has 6 heteroatoms. The quantitative estimate of drug-likeness (QED) is 0.740. The molecule has 0 atom stereocenters. The van der Waals surface area contributed by atoms with E-state index in [2.05, 4.69) is 0 Å². The van der Waals surface area contributed by atoms with Gasteiger partial charge in [0.05, 0.1) is 23.7 Å². The van der Waals surface area contributed by atoms with E-state index in [0.29, 0.717) is 17.4 Å². The second kappa shape index (κ2) is 5.46. The van der Waals surface area contributed by atoms with E-state index < -0.39 is 0 Å². The summed E-state index contributed by atoms with van der Waals surface area (Å²) < 4.78 is 9.84. The molecule has 0 aliphatic carbocycles. The van der Waals surface area contributed by atoms with Crippen LogP contribution in [0.3, 0.4) is 0 Å². The van der Waals surface area contributed by atoms with Gasteiger partial charge in [-0.1, -0.05) is 0 Å². The number of methoxy groups -OCH3 is 1. The molecule has 3 aromatic rings. The smallest absolute Gasteiger partial charge is 0.330 e. The minimum Gasteiger partial charge on any atom is -0.497 e. The predicted molar refractivity (Wildman–Crippen MR) is 90.1 cm³/mol. The fourth-order valence-electron chi connectivity index (χ4n) is 2.90. The Morgan fingerprint density at radius 1 is 1.04 bits per heavy atom. The zero-order valence-electron chi connectivity index (χ0n) is 13.7. The van der Waals surface area contributed by atoms with Gasteiger partial charge < -0.3 is 9.30 Å².